The number of rotatable bonds is 6. The van der Waals surface area contributed by atoms with Crippen LogP contribution in [0.5, 0.6) is 0 Å². The van der Waals surface area contributed by atoms with Crippen LogP contribution in [-0.2, 0) is 25.9 Å². The summed E-state index contributed by atoms with van der Waals surface area (Å²) in [6, 6.07) is 5.73. The maximum Gasteiger partial charge on any atom is 0.356 e. The Morgan fingerprint density at radius 1 is 1.43 bits per heavy atom. The molecule has 0 fully saturated rings. The predicted octanol–water partition coefficient (Wildman–Crippen LogP) is 2.04. The molecule has 146 valence electrons. The topological polar surface area (TPSA) is 110 Å². The molecule has 1 N–H and O–H groups in total. The number of likely N-dealkylation sites (N-methyl/N-ethyl adjacent to an activating group) is 1. The summed E-state index contributed by atoms with van der Waals surface area (Å²) in [4.78, 5) is 22.4. The van der Waals surface area contributed by atoms with E-state index in [1.807, 2.05) is 36.9 Å². The fourth-order valence-electron chi connectivity index (χ4n) is 3.74. The molecule has 0 aromatic carbocycles. The van der Waals surface area contributed by atoms with Crippen molar-refractivity contribution in [1.29, 1.82) is 0 Å². The average Bonchev–Trinajstić information content (AvgIpc) is 3.32. The molecule has 0 amide bonds. The van der Waals surface area contributed by atoms with Crippen LogP contribution >= 0.6 is 0 Å². The molecule has 0 aliphatic heterocycles. The first-order chi connectivity index (χ1) is 13.6. The van der Waals surface area contributed by atoms with Gasteiger partial charge in [-0.3, -0.25) is 14.6 Å². The molecule has 4 rings (SSSR count). The van der Waals surface area contributed by atoms with Crippen molar-refractivity contribution in [3.63, 3.8) is 0 Å². The van der Waals surface area contributed by atoms with E-state index in [1.54, 1.807) is 6.20 Å². The summed E-state index contributed by atoms with van der Waals surface area (Å²) in [6.07, 6.45) is 4.07. The van der Waals surface area contributed by atoms with Crippen molar-refractivity contribution in [3.05, 3.63) is 47.2 Å². The molecule has 9 nitrogen and oxygen atoms in total. The summed E-state index contributed by atoms with van der Waals surface area (Å²) in [7, 11) is 1.99. The number of pyridine rings is 1. The van der Waals surface area contributed by atoms with Gasteiger partial charge in [0.25, 0.3) is 0 Å². The normalized spacial score (nSPS) is 16.3. The van der Waals surface area contributed by atoms with Crippen molar-refractivity contribution in [1.82, 2.24) is 29.8 Å². The number of carboxylic acid groups (broad SMARTS) is 1. The fourth-order valence-corrected chi connectivity index (χ4v) is 3.74. The van der Waals surface area contributed by atoms with Crippen molar-refractivity contribution in [3.8, 4) is 11.5 Å². The zero-order valence-electron chi connectivity index (χ0n) is 15.9. The highest BCUT2D eigenvalue weighted by Crippen LogP contribution is 2.28. The minimum Gasteiger partial charge on any atom is -0.476 e. The van der Waals surface area contributed by atoms with E-state index in [1.165, 1.54) is 0 Å². The Labute approximate surface area is 162 Å². The zero-order valence-corrected chi connectivity index (χ0v) is 15.9. The highest BCUT2D eigenvalue weighted by molar-refractivity contribution is 5.87. The number of aryl methyl sites for hydroxylation is 1. The van der Waals surface area contributed by atoms with Crippen LogP contribution in [0, 0.1) is 0 Å². The molecule has 0 unspecified atom stereocenters. The number of aromatic nitrogens is 5. The summed E-state index contributed by atoms with van der Waals surface area (Å²) >= 11 is 0. The van der Waals surface area contributed by atoms with Crippen LogP contribution in [0.4, 0.5) is 0 Å². The van der Waals surface area contributed by atoms with E-state index in [9.17, 15) is 9.90 Å². The first-order valence-corrected chi connectivity index (χ1v) is 9.33. The average molecular weight is 382 g/mol. The van der Waals surface area contributed by atoms with E-state index < -0.39 is 5.97 Å². The summed E-state index contributed by atoms with van der Waals surface area (Å²) < 4.78 is 7.19. The van der Waals surface area contributed by atoms with Gasteiger partial charge < -0.3 is 9.63 Å². The quantitative estimate of drug-likeness (QED) is 0.689. The van der Waals surface area contributed by atoms with Crippen molar-refractivity contribution < 1.29 is 14.4 Å². The zero-order chi connectivity index (χ0) is 19.7. The van der Waals surface area contributed by atoms with Crippen LogP contribution < -0.4 is 0 Å². The van der Waals surface area contributed by atoms with Gasteiger partial charge in [-0.15, -0.1) is 0 Å². The third-order valence-corrected chi connectivity index (χ3v) is 5.19. The predicted molar refractivity (Wildman–Crippen MR) is 99.7 cm³/mol. The Hall–Kier alpha value is -3.07. The van der Waals surface area contributed by atoms with Crippen LogP contribution in [0.2, 0.25) is 0 Å². The number of carboxylic acids is 1. The summed E-state index contributed by atoms with van der Waals surface area (Å²) in [5.41, 5.74) is 2.72. The smallest absolute Gasteiger partial charge is 0.356 e. The van der Waals surface area contributed by atoms with Crippen molar-refractivity contribution >= 4 is 5.97 Å². The van der Waals surface area contributed by atoms with Crippen molar-refractivity contribution in [2.75, 3.05) is 7.05 Å². The van der Waals surface area contributed by atoms with Gasteiger partial charge in [0.05, 0.1) is 6.54 Å². The third kappa shape index (κ3) is 3.40. The number of nitrogens with zero attached hydrogens (tertiary/aromatic N) is 6. The Kier molecular flexibility index (Phi) is 4.91. The lowest BCUT2D eigenvalue weighted by atomic mass is 9.90. The largest absolute Gasteiger partial charge is 0.476 e. The molecule has 1 aliphatic rings. The second-order valence-electron chi connectivity index (χ2n) is 6.93. The van der Waals surface area contributed by atoms with Crippen molar-refractivity contribution in [2.24, 2.45) is 0 Å². The van der Waals surface area contributed by atoms with Crippen LogP contribution in [0.15, 0.2) is 28.9 Å². The van der Waals surface area contributed by atoms with Gasteiger partial charge >= 0.3 is 5.97 Å². The Morgan fingerprint density at radius 3 is 3.00 bits per heavy atom. The SMILES string of the molecule is CCn1nc(C(=O)O)c2c1CC[C@H](N(C)Cc1nc(-c3ccccn3)no1)C2. The molecular weight excluding hydrogens is 360 g/mol. The minimum atomic E-state index is -0.969. The molecule has 0 saturated heterocycles. The fraction of sp³-hybridized carbons (Fsp3) is 0.421. The minimum absolute atomic E-state index is 0.171. The molecule has 0 saturated carbocycles. The van der Waals surface area contributed by atoms with E-state index in [0.29, 0.717) is 36.9 Å². The summed E-state index contributed by atoms with van der Waals surface area (Å²) in [5.74, 6) is 0.00707. The first-order valence-electron chi connectivity index (χ1n) is 9.33. The molecule has 9 heteroatoms. The number of fused-ring (bicyclic) bond motifs is 1. The van der Waals surface area contributed by atoms with Gasteiger partial charge in [0.1, 0.15) is 5.69 Å². The lowest BCUT2D eigenvalue weighted by Gasteiger charge is -2.30. The van der Waals surface area contributed by atoms with E-state index in [0.717, 1.165) is 24.1 Å². The third-order valence-electron chi connectivity index (χ3n) is 5.19. The van der Waals surface area contributed by atoms with E-state index in [-0.39, 0.29) is 11.7 Å². The molecule has 28 heavy (non-hydrogen) atoms. The second kappa shape index (κ2) is 7.51. The standard InChI is InChI=1S/C19H22N6O3/c1-3-25-15-8-7-12(10-13(15)17(22-25)19(26)27)24(2)11-16-21-18(23-28-16)14-6-4-5-9-20-14/h4-6,9,12H,3,7-8,10-11H2,1-2H3,(H,26,27)/t12-/m0/s1. The van der Waals surface area contributed by atoms with Gasteiger partial charge in [0.15, 0.2) is 5.69 Å². The van der Waals surface area contributed by atoms with Crippen LogP contribution in [0.3, 0.4) is 0 Å². The monoisotopic (exact) mass is 382 g/mol. The van der Waals surface area contributed by atoms with E-state index >= 15 is 0 Å². The highest BCUT2D eigenvalue weighted by Gasteiger charge is 2.31. The first kappa shape index (κ1) is 18.3. The number of aromatic carboxylic acids is 1. The second-order valence-corrected chi connectivity index (χ2v) is 6.93. The molecule has 0 radical (unpaired) electrons. The maximum absolute atomic E-state index is 11.6. The van der Waals surface area contributed by atoms with E-state index in [2.05, 4.69) is 25.1 Å². The van der Waals surface area contributed by atoms with Crippen molar-refractivity contribution in [2.45, 2.75) is 45.3 Å². The van der Waals surface area contributed by atoms with Gasteiger partial charge in [0, 0.05) is 30.0 Å². The van der Waals surface area contributed by atoms with E-state index in [4.69, 9.17) is 4.52 Å². The molecule has 1 atom stereocenters. The maximum atomic E-state index is 11.6. The van der Waals surface area contributed by atoms with Gasteiger partial charge in [-0.05, 0) is 45.4 Å². The molecule has 1 aliphatic carbocycles. The van der Waals surface area contributed by atoms with Crippen LogP contribution in [0.1, 0.15) is 41.0 Å². The van der Waals surface area contributed by atoms with Gasteiger partial charge in [0.2, 0.25) is 11.7 Å². The highest BCUT2D eigenvalue weighted by atomic mass is 16.5. The summed E-state index contributed by atoms with van der Waals surface area (Å²) in [6.45, 7) is 3.14. The number of hydrogen-bond donors (Lipinski definition) is 1. The van der Waals surface area contributed by atoms with Gasteiger partial charge in [-0.2, -0.15) is 10.1 Å². The number of hydrogen-bond acceptors (Lipinski definition) is 7. The Bertz CT molecular complexity index is 981. The Balaban J connectivity index is 1.48. The molecule has 3 aromatic heterocycles. The molecule has 0 bridgehead atoms. The van der Waals surface area contributed by atoms with Crippen LogP contribution in [0.25, 0.3) is 11.5 Å². The summed E-state index contributed by atoms with van der Waals surface area (Å²) in [5, 5.41) is 17.8. The van der Waals surface area contributed by atoms with Crippen LogP contribution in [-0.4, -0.2) is 54.0 Å². The lowest BCUT2D eigenvalue weighted by molar-refractivity contribution is 0.0687. The van der Waals surface area contributed by atoms with Gasteiger partial charge in [-0.25, -0.2) is 4.79 Å². The number of carbonyl (C=O) groups is 1. The molecular formula is C19H22N6O3. The van der Waals surface area contributed by atoms with Gasteiger partial charge in [-0.1, -0.05) is 11.2 Å². The molecule has 3 heterocycles. The molecule has 3 aromatic rings. The lowest BCUT2D eigenvalue weighted by Crippen LogP contribution is -2.36. The molecule has 0 spiro atoms. The Morgan fingerprint density at radius 2 is 2.29 bits per heavy atom.